The number of para-hydroxylation sites is 1. The van der Waals surface area contributed by atoms with Crippen LogP contribution in [0.25, 0.3) is 6.08 Å². The van der Waals surface area contributed by atoms with Gasteiger partial charge in [-0.2, -0.15) is 0 Å². The van der Waals surface area contributed by atoms with Gasteiger partial charge in [-0.05, 0) is 35.9 Å². The minimum atomic E-state index is -1.07. The molecular weight excluding hydrogens is 425 g/mol. The Labute approximate surface area is 184 Å². The maximum atomic E-state index is 10.9. The molecule has 3 rings (SSSR count). The Morgan fingerprint density at radius 2 is 1.70 bits per heavy atom. The summed E-state index contributed by atoms with van der Waals surface area (Å²) in [4.78, 5) is 15.4. The summed E-state index contributed by atoms with van der Waals surface area (Å²) in [6.45, 7) is 0.548. The fraction of sp³-hybridized carbons (Fsp3) is 0.130. The van der Waals surface area contributed by atoms with E-state index in [1.54, 1.807) is 30.3 Å². The zero-order chi connectivity index (χ0) is 21.3. The first-order valence-corrected chi connectivity index (χ1v) is 9.93. The monoisotopic (exact) mass is 443 g/mol. The van der Waals surface area contributed by atoms with Gasteiger partial charge in [-0.25, -0.2) is 9.78 Å². The van der Waals surface area contributed by atoms with E-state index in [1.807, 2.05) is 30.3 Å². The molecule has 0 aliphatic carbocycles. The van der Waals surface area contributed by atoms with E-state index in [-0.39, 0.29) is 6.61 Å². The van der Waals surface area contributed by atoms with E-state index in [9.17, 15) is 4.79 Å². The fourth-order valence-electron chi connectivity index (χ4n) is 2.67. The number of carbonyl (C=O) groups is 1. The topological polar surface area (TPSA) is 68.7 Å². The smallest absolute Gasteiger partial charge is 0.328 e. The molecular formula is C23H19Cl2NO4. The Kier molecular flexibility index (Phi) is 7.71. The first-order valence-electron chi connectivity index (χ1n) is 9.17. The number of ether oxygens (including phenoxy) is 2. The average molecular weight is 444 g/mol. The van der Waals surface area contributed by atoms with Gasteiger partial charge in [0.15, 0.2) is 5.75 Å². The molecule has 0 atom stereocenters. The number of rotatable bonds is 9. The van der Waals surface area contributed by atoms with Crippen molar-refractivity contribution in [3.05, 3.63) is 93.7 Å². The summed E-state index contributed by atoms with van der Waals surface area (Å²) in [6, 6.07) is 18.5. The number of hydrogen-bond donors (Lipinski definition) is 1. The molecule has 0 spiro atoms. The first kappa shape index (κ1) is 21.7. The summed E-state index contributed by atoms with van der Waals surface area (Å²) in [5.74, 6) is -0.215. The molecule has 3 aromatic rings. The lowest BCUT2D eigenvalue weighted by atomic mass is 10.2. The Bertz CT molecular complexity index is 1020. The molecule has 0 saturated heterocycles. The minimum Gasteiger partial charge on any atom is -0.491 e. The minimum absolute atomic E-state index is 0.113. The van der Waals surface area contributed by atoms with Gasteiger partial charge < -0.3 is 14.6 Å². The van der Waals surface area contributed by atoms with Crippen LogP contribution in [0.4, 0.5) is 0 Å². The highest BCUT2D eigenvalue weighted by Crippen LogP contribution is 2.33. The molecule has 5 nitrogen and oxygen atoms in total. The van der Waals surface area contributed by atoms with Crippen molar-refractivity contribution in [3.8, 4) is 11.5 Å². The normalized spacial score (nSPS) is 10.9. The van der Waals surface area contributed by atoms with Crippen LogP contribution < -0.4 is 9.47 Å². The molecule has 0 unspecified atom stereocenters. The number of carboxylic acids is 1. The van der Waals surface area contributed by atoms with Gasteiger partial charge in [-0.1, -0.05) is 59.6 Å². The summed E-state index contributed by atoms with van der Waals surface area (Å²) in [6.07, 6.45) is 3.13. The molecule has 0 fully saturated rings. The van der Waals surface area contributed by atoms with Crippen LogP contribution in [0, 0.1) is 0 Å². The van der Waals surface area contributed by atoms with Crippen molar-refractivity contribution >= 4 is 35.2 Å². The molecule has 7 heteroatoms. The molecule has 154 valence electrons. The molecule has 0 bridgehead atoms. The predicted molar refractivity (Wildman–Crippen MR) is 117 cm³/mol. The molecule has 0 aliphatic heterocycles. The number of benzene rings is 2. The molecule has 1 aromatic heterocycles. The summed E-state index contributed by atoms with van der Waals surface area (Å²) < 4.78 is 11.5. The Morgan fingerprint density at radius 1 is 0.967 bits per heavy atom. The lowest BCUT2D eigenvalue weighted by molar-refractivity contribution is -0.131. The van der Waals surface area contributed by atoms with Gasteiger partial charge >= 0.3 is 5.97 Å². The van der Waals surface area contributed by atoms with Crippen LogP contribution in [0.2, 0.25) is 10.0 Å². The zero-order valence-corrected chi connectivity index (χ0v) is 17.4. The lowest BCUT2D eigenvalue weighted by Crippen LogP contribution is -2.06. The third-order valence-electron chi connectivity index (χ3n) is 4.10. The highest BCUT2D eigenvalue weighted by Gasteiger charge is 2.10. The second-order valence-electron chi connectivity index (χ2n) is 6.28. The van der Waals surface area contributed by atoms with Gasteiger partial charge in [0.1, 0.15) is 18.1 Å². The van der Waals surface area contributed by atoms with Gasteiger partial charge in [-0.15, -0.1) is 0 Å². The predicted octanol–water partition coefficient (Wildman–Crippen LogP) is 5.69. The van der Waals surface area contributed by atoms with Crippen LogP contribution in [0.5, 0.6) is 11.5 Å². The van der Waals surface area contributed by atoms with Crippen molar-refractivity contribution in [1.29, 1.82) is 0 Å². The standard InChI is InChI=1S/C23H19Cl2NO4/c24-18-7-4-8-19(25)23(18)30-15-17-9-11-21(20(26-17)10-12-22(27)28)29-14-13-16-5-2-1-3-6-16/h1-12H,13-15H2,(H,27,28). The number of aliphatic carboxylic acids is 1. The van der Waals surface area contributed by atoms with Gasteiger partial charge in [0, 0.05) is 12.5 Å². The van der Waals surface area contributed by atoms with E-state index in [0.29, 0.717) is 39.5 Å². The number of pyridine rings is 1. The summed E-state index contributed by atoms with van der Waals surface area (Å²) in [5.41, 5.74) is 2.12. The van der Waals surface area contributed by atoms with Crippen LogP contribution in [0.3, 0.4) is 0 Å². The van der Waals surface area contributed by atoms with Crippen LogP contribution in [0.15, 0.2) is 66.7 Å². The molecule has 0 aliphatic rings. The molecule has 0 saturated carbocycles. The maximum absolute atomic E-state index is 10.9. The van der Waals surface area contributed by atoms with E-state index in [4.69, 9.17) is 37.8 Å². The Hall–Kier alpha value is -3.02. The third-order valence-corrected chi connectivity index (χ3v) is 4.70. The molecule has 0 radical (unpaired) electrons. The highest BCUT2D eigenvalue weighted by atomic mass is 35.5. The third kappa shape index (κ3) is 6.24. The van der Waals surface area contributed by atoms with Crippen molar-refractivity contribution in [1.82, 2.24) is 4.98 Å². The molecule has 1 heterocycles. The van der Waals surface area contributed by atoms with E-state index < -0.39 is 5.97 Å². The lowest BCUT2D eigenvalue weighted by Gasteiger charge is -2.12. The van der Waals surface area contributed by atoms with Crippen molar-refractivity contribution in [3.63, 3.8) is 0 Å². The number of hydrogen-bond acceptors (Lipinski definition) is 4. The zero-order valence-electron chi connectivity index (χ0n) is 15.9. The average Bonchev–Trinajstić information content (AvgIpc) is 2.73. The molecule has 30 heavy (non-hydrogen) atoms. The van der Waals surface area contributed by atoms with E-state index in [2.05, 4.69) is 4.98 Å². The largest absolute Gasteiger partial charge is 0.491 e. The molecule has 0 amide bonds. The van der Waals surface area contributed by atoms with Crippen molar-refractivity contribution in [2.24, 2.45) is 0 Å². The Morgan fingerprint density at radius 3 is 2.40 bits per heavy atom. The second-order valence-corrected chi connectivity index (χ2v) is 7.10. The fourth-order valence-corrected chi connectivity index (χ4v) is 3.17. The van der Waals surface area contributed by atoms with Gasteiger partial charge in [0.2, 0.25) is 0 Å². The maximum Gasteiger partial charge on any atom is 0.328 e. The SMILES string of the molecule is O=C(O)C=Cc1nc(COc2c(Cl)cccc2Cl)ccc1OCCc1ccccc1. The van der Waals surface area contributed by atoms with Crippen LogP contribution in [-0.4, -0.2) is 22.7 Å². The summed E-state index contributed by atoms with van der Waals surface area (Å²) >= 11 is 12.2. The van der Waals surface area contributed by atoms with Crippen LogP contribution >= 0.6 is 23.2 Å². The summed E-state index contributed by atoms with van der Waals surface area (Å²) in [7, 11) is 0. The van der Waals surface area contributed by atoms with E-state index >= 15 is 0 Å². The van der Waals surface area contributed by atoms with Crippen LogP contribution in [-0.2, 0) is 17.8 Å². The number of aromatic nitrogens is 1. The van der Waals surface area contributed by atoms with Gasteiger partial charge in [0.05, 0.1) is 22.3 Å². The molecule has 2 aromatic carbocycles. The first-order chi connectivity index (χ1) is 14.5. The van der Waals surface area contributed by atoms with E-state index in [0.717, 1.165) is 18.1 Å². The van der Waals surface area contributed by atoms with E-state index in [1.165, 1.54) is 6.08 Å². The summed E-state index contributed by atoms with van der Waals surface area (Å²) in [5, 5.41) is 9.76. The van der Waals surface area contributed by atoms with Crippen molar-refractivity contribution in [2.75, 3.05) is 6.61 Å². The number of carboxylic acid groups (broad SMARTS) is 1. The van der Waals surface area contributed by atoms with Crippen molar-refractivity contribution < 1.29 is 19.4 Å². The van der Waals surface area contributed by atoms with Crippen LogP contribution in [0.1, 0.15) is 17.0 Å². The van der Waals surface area contributed by atoms with Gasteiger partial charge in [-0.3, -0.25) is 0 Å². The van der Waals surface area contributed by atoms with Gasteiger partial charge in [0.25, 0.3) is 0 Å². The molecule has 1 N–H and O–H groups in total. The number of nitrogens with zero attached hydrogens (tertiary/aromatic N) is 1. The number of halogens is 2. The van der Waals surface area contributed by atoms with Crippen molar-refractivity contribution in [2.45, 2.75) is 13.0 Å². The second kappa shape index (κ2) is 10.7. The Balaban J connectivity index is 1.72. The highest BCUT2D eigenvalue weighted by molar-refractivity contribution is 6.37. The quantitative estimate of drug-likeness (QED) is 0.430.